The van der Waals surface area contributed by atoms with Crippen LogP contribution in [0, 0.1) is 22.7 Å². The van der Waals surface area contributed by atoms with E-state index in [1.165, 1.54) is 37.7 Å². The van der Waals surface area contributed by atoms with Gasteiger partial charge in [0.1, 0.15) is 5.75 Å². The molecule has 2 heteroatoms. The minimum atomic E-state index is -0.0514. The van der Waals surface area contributed by atoms with E-state index in [0.29, 0.717) is 5.41 Å². The van der Waals surface area contributed by atoms with Crippen LogP contribution in [-0.4, -0.2) is 18.3 Å². The Bertz CT molecular complexity index is 639. The van der Waals surface area contributed by atoms with Gasteiger partial charge in [0.25, 0.3) is 0 Å². The second kappa shape index (κ2) is 4.08. The highest BCUT2D eigenvalue weighted by atomic mass is 16.5. The number of hydrogen-bond acceptors (Lipinski definition) is 2. The number of aliphatic hydroxyl groups excluding tert-OH is 1. The predicted molar refractivity (Wildman–Crippen MR) is 86.1 cm³/mol. The fourth-order valence-corrected chi connectivity index (χ4v) is 6.90. The molecule has 1 aromatic carbocycles. The molecule has 0 unspecified atom stereocenters. The second-order valence-corrected chi connectivity index (χ2v) is 8.47. The Balaban J connectivity index is 1.56. The largest absolute Gasteiger partial charge is 0.497 e. The highest BCUT2D eigenvalue weighted by molar-refractivity contribution is 5.42. The molecule has 0 aliphatic heterocycles. The standard InChI is InChI=1S/C20H26O2/c1-19-8-7-16-15-5-4-14(22-2)9-12(15)3-6-17(16)20(19)11-13(20)10-18(19)21/h4-5,9,13,16-18,21H,3,6-8,10-11H2,1-2H3/t13-,16+,17+,18+,19+,20+/m0/s1. The Morgan fingerprint density at radius 3 is 2.95 bits per heavy atom. The summed E-state index contributed by atoms with van der Waals surface area (Å²) in [6, 6.07) is 6.72. The van der Waals surface area contributed by atoms with Crippen LogP contribution in [-0.2, 0) is 6.42 Å². The maximum Gasteiger partial charge on any atom is 0.119 e. The van der Waals surface area contributed by atoms with E-state index in [9.17, 15) is 5.11 Å². The van der Waals surface area contributed by atoms with Crippen molar-refractivity contribution >= 4 is 0 Å². The lowest BCUT2D eigenvalue weighted by Crippen LogP contribution is -2.47. The molecule has 0 bridgehead atoms. The molecular formula is C20H26O2. The molecule has 0 saturated heterocycles. The molecule has 2 nitrogen and oxygen atoms in total. The summed E-state index contributed by atoms with van der Waals surface area (Å²) in [7, 11) is 1.76. The van der Waals surface area contributed by atoms with E-state index >= 15 is 0 Å². The SMILES string of the molecule is COc1ccc2c(c1)CC[C@@H]1[C@@H]2CC[C@]2(C)[C@H](O)C[C@H]3C[C@@]312. The normalized spacial score (nSPS) is 48.0. The van der Waals surface area contributed by atoms with Crippen molar-refractivity contribution in [3.63, 3.8) is 0 Å². The average Bonchev–Trinajstić information content (AvgIpc) is 3.19. The molecule has 1 spiro atoms. The molecule has 5 rings (SSSR count). The summed E-state index contributed by atoms with van der Waals surface area (Å²) in [6.07, 6.45) is 7.36. The maximum absolute atomic E-state index is 10.6. The zero-order valence-electron chi connectivity index (χ0n) is 13.6. The topological polar surface area (TPSA) is 29.5 Å². The maximum atomic E-state index is 10.6. The van der Waals surface area contributed by atoms with Crippen LogP contribution in [0.5, 0.6) is 5.75 Å². The first-order valence-electron chi connectivity index (χ1n) is 8.95. The van der Waals surface area contributed by atoms with Gasteiger partial charge < -0.3 is 9.84 Å². The number of aryl methyl sites for hydroxylation is 1. The van der Waals surface area contributed by atoms with Crippen molar-refractivity contribution in [1.29, 1.82) is 0 Å². The molecule has 4 aliphatic carbocycles. The highest BCUT2D eigenvalue weighted by Gasteiger charge is 2.76. The molecule has 0 radical (unpaired) electrons. The number of aliphatic hydroxyl groups is 1. The first kappa shape index (κ1) is 13.4. The van der Waals surface area contributed by atoms with Gasteiger partial charge in [-0.25, -0.2) is 0 Å². The van der Waals surface area contributed by atoms with Crippen LogP contribution in [0.2, 0.25) is 0 Å². The van der Waals surface area contributed by atoms with Crippen molar-refractivity contribution in [3.8, 4) is 5.75 Å². The molecule has 0 aromatic heterocycles. The lowest BCUT2D eigenvalue weighted by atomic mass is 9.52. The van der Waals surface area contributed by atoms with Gasteiger partial charge in [-0.1, -0.05) is 13.0 Å². The quantitative estimate of drug-likeness (QED) is 0.851. The van der Waals surface area contributed by atoms with Crippen LogP contribution >= 0.6 is 0 Å². The Kier molecular flexibility index (Phi) is 2.49. The van der Waals surface area contributed by atoms with E-state index in [0.717, 1.165) is 29.9 Å². The van der Waals surface area contributed by atoms with Crippen molar-refractivity contribution in [2.45, 2.75) is 57.5 Å². The van der Waals surface area contributed by atoms with Gasteiger partial charge in [0.2, 0.25) is 0 Å². The summed E-state index contributed by atoms with van der Waals surface area (Å²) in [5.74, 6) is 3.32. The zero-order chi connectivity index (χ0) is 15.1. The third-order valence-corrected chi connectivity index (χ3v) is 8.06. The van der Waals surface area contributed by atoms with Crippen molar-refractivity contribution in [3.05, 3.63) is 29.3 Å². The molecule has 0 heterocycles. The first-order valence-corrected chi connectivity index (χ1v) is 8.95. The number of rotatable bonds is 1. The summed E-state index contributed by atoms with van der Waals surface area (Å²) in [6.45, 7) is 2.39. The van der Waals surface area contributed by atoms with Gasteiger partial charge in [0, 0.05) is 0 Å². The van der Waals surface area contributed by atoms with Gasteiger partial charge >= 0.3 is 0 Å². The third-order valence-electron chi connectivity index (χ3n) is 8.06. The van der Waals surface area contributed by atoms with Crippen LogP contribution in [0.3, 0.4) is 0 Å². The Labute approximate surface area is 132 Å². The fraction of sp³-hybridized carbons (Fsp3) is 0.700. The average molecular weight is 298 g/mol. The second-order valence-electron chi connectivity index (χ2n) is 8.47. The van der Waals surface area contributed by atoms with Crippen LogP contribution in [0.15, 0.2) is 18.2 Å². The van der Waals surface area contributed by atoms with Crippen LogP contribution in [0.1, 0.15) is 56.1 Å². The number of hydrogen-bond donors (Lipinski definition) is 1. The molecule has 0 amide bonds. The third kappa shape index (κ3) is 1.37. The molecule has 3 fully saturated rings. The zero-order valence-corrected chi connectivity index (χ0v) is 13.6. The minimum Gasteiger partial charge on any atom is -0.497 e. The van der Waals surface area contributed by atoms with E-state index in [1.54, 1.807) is 12.7 Å². The lowest BCUT2D eigenvalue weighted by molar-refractivity contribution is -0.0558. The lowest BCUT2D eigenvalue weighted by Gasteiger charge is -2.52. The van der Waals surface area contributed by atoms with Gasteiger partial charge in [-0.2, -0.15) is 0 Å². The van der Waals surface area contributed by atoms with Gasteiger partial charge in [-0.05, 0) is 90.4 Å². The molecule has 22 heavy (non-hydrogen) atoms. The molecule has 6 atom stereocenters. The summed E-state index contributed by atoms with van der Waals surface area (Å²) >= 11 is 0. The Morgan fingerprint density at radius 2 is 2.14 bits per heavy atom. The molecule has 1 aromatic rings. The van der Waals surface area contributed by atoms with E-state index in [-0.39, 0.29) is 11.5 Å². The van der Waals surface area contributed by atoms with E-state index in [1.807, 2.05) is 0 Å². The number of ether oxygens (including phenoxy) is 1. The van der Waals surface area contributed by atoms with E-state index < -0.39 is 0 Å². The highest BCUT2D eigenvalue weighted by Crippen LogP contribution is 2.81. The van der Waals surface area contributed by atoms with Crippen LogP contribution < -0.4 is 4.74 Å². The molecule has 3 saturated carbocycles. The van der Waals surface area contributed by atoms with Crippen molar-refractivity contribution in [1.82, 2.24) is 0 Å². The van der Waals surface area contributed by atoms with Crippen LogP contribution in [0.4, 0.5) is 0 Å². The summed E-state index contributed by atoms with van der Waals surface area (Å²) < 4.78 is 5.41. The fourth-order valence-electron chi connectivity index (χ4n) is 6.90. The van der Waals surface area contributed by atoms with Gasteiger partial charge in [0.15, 0.2) is 0 Å². The summed E-state index contributed by atoms with van der Waals surface area (Å²) in [5.41, 5.74) is 3.76. The summed E-state index contributed by atoms with van der Waals surface area (Å²) in [4.78, 5) is 0. The number of methoxy groups -OCH3 is 1. The van der Waals surface area contributed by atoms with E-state index in [4.69, 9.17) is 4.74 Å². The Hall–Kier alpha value is -1.02. The van der Waals surface area contributed by atoms with Crippen molar-refractivity contribution < 1.29 is 9.84 Å². The van der Waals surface area contributed by atoms with Crippen molar-refractivity contribution in [2.75, 3.05) is 7.11 Å². The molecular weight excluding hydrogens is 272 g/mol. The van der Waals surface area contributed by atoms with Crippen molar-refractivity contribution in [2.24, 2.45) is 22.7 Å². The van der Waals surface area contributed by atoms with E-state index in [2.05, 4.69) is 25.1 Å². The number of fused-ring (bicyclic) bond motifs is 3. The van der Waals surface area contributed by atoms with Gasteiger partial charge in [-0.3, -0.25) is 0 Å². The smallest absolute Gasteiger partial charge is 0.119 e. The summed E-state index contributed by atoms with van der Waals surface area (Å²) in [5, 5.41) is 10.6. The minimum absolute atomic E-state index is 0.0514. The van der Waals surface area contributed by atoms with Gasteiger partial charge in [0.05, 0.1) is 13.2 Å². The Morgan fingerprint density at radius 1 is 1.27 bits per heavy atom. The predicted octanol–water partition coefficient (Wildman–Crippen LogP) is 3.91. The molecule has 1 N–H and O–H groups in total. The molecule has 4 aliphatic rings. The number of benzene rings is 1. The van der Waals surface area contributed by atoms with Gasteiger partial charge in [-0.15, -0.1) is 0 Å². The first-order chi connectivity index (χ1) is 10.6. The van der Waals surface area contributed by atoms with Crippen LogP contribution in [0.25, 0.3) is 0 Å². The molecule has 118 valence electrons. The monoisotopic (exact) mass is 298 g/mol.